The summed E-state index contributed by atoms with van der Waals surface area (Å²) in [4.78, 5) is 29.3. The number of hydrogen-bond acceptors (Lipinski definition) is 2. The molecule has 0 bridgehead atoms. The molecule has 1 saturated heterocycles. The molecule has 2 heterocycles. The molecule has 23 heavy (non-hydrogen) atoms. The van der Waals surface area contributed by atoms with Crippen LogP contribution in [0.25, 0.3) is 10.9 Å². The Kier molecular flexibility index (Phi) is 4.86. The monoisotopic (exact) mass is 333 g/mol. The van der Waals surface area contributed by atoms with Gasteiger partial charge < -0.3 is 15.2 Å². The van der Waals surface area contributed by atoms with Gasteiger partial charge in [-0.1, -0.05) is 17.7 Å². The van der Waals surface area contributed by atoms with E-state index in [2.05, 4.69) is 10.3 Å². The van der Waals surface area contributed by atoms with Crippen LogP contribution >= 0.6 is 11.6 Å². The minimum absolute atomic E-state index is 0.121. The number of aromatic amines is 1. The molecule has 1 aliphatic rings. The second-order valence-corrected chi connectivity index (χ2v) is 6.28. The number of fused-ring (bicyclic) bond motifs is 1. The molecule has 122 valence electrons. The number of benzene rings is 1. The zero-order chi connectivity index (χ0) is 16.2. The van der Waals surface area contributed by atoms with Gasteiger partial charge in [0.2, 0.25) is 5.91 Å². The molecule has 1 aromatic heterocycles. The fraction of sp³-hybridized carbons (Fsp3) is 0.412. The Morgan fingerprint density at radius 2 is 2.00 bits per heavy atom. The normalized spacial score (nSPS) is 14.9. The number of aromatic nitrogens is 1. The number of halogens is 1. The molecular formula is C17H20ClN3O2. The number of hydrogen-bond donors (Lipinski definition) is 2. The first-order chi connectivity index (χ1) is 11.1. The first-order valence-corrected chi connectivity index (χ1v) is 8.35. The van der Waals surface area contributed by atoms with Gasteiger partial charge in [0.15, 0.2) is 0 Å². The first kappa shape index (κ1) is 15.9. The minimum atomic E-state index is -0.176. The van der Waals surface area contributed by atoms with Gasteiger partial charge in [0.1, 0.15) is 0 Å². The highest BCUT2D eigenvalue weighted by Gasteiger charge is 2.17. The number of piperidine rings is 1. The highest BCUT2D eigenvalue weighted by molar-refractivity contribution is 6.31. The molecule has 3 rings (SSSR count). The van der Waals surface area contributed by atoms with Gasteiger partial charge in [-0.2, -0.15) is 0 Å². The number of nitrogens with zero attached hydrogens (tertiary/aromatic N) is 1. The van der Waals surface area contributed by atoms with Gasteiger partial charge in [0.25, 0.3) is 5.91 Å². The van der Waals surface area contributed by atoms with Crippen molar-refractivity contribution in [3.8, 4) is 0 Å². The van der Waals surface area contributed by atoms with Crippen molar-refractivity contribution in [2.24, 2.45) is 0 Å². The van der Waals surface area contributed by atoms with E-state index in [1.165, 1.54) is 6.42 Å². The number of carbonyl (C=O) groups excluding carboxylic acids is 2. The molecule has 2 N–H and O–H groups in total. The lowest BCUT2D eigenvalue weighted by atomic mass is 10.1. The van der Waals surface area contributed by atoms with Crippen molar-refractivity contribution >= 4 is 34.3 Å². The van der Waals surface area contributed by atoms with Crippen LogP contribution in [0.15, 0.2) is 24.4 Å². The van der Waals surface area contributed by atoms with Gasteiger partial charge >= 0.3 is 0 Å². The maximum absolute atomic E-state index is 12.3. The predicted molar refractivity (Wildman–Crippen MR) is 90.7 cm³/mol. The predicted octanol–water partition coefficient (Wildman–Crippen LogP) is 2.95. The Bertz CT molecular complexity index is 720. The molecule has 6 heteroatoms. The van der Waals surface area contributed by atoms with E-state index in [4.69, 9.17) is 11.6 Å². The number of nitrogens with one attached hydrogen (secondary N) is 2. The van der Waals surface area contributed by atoms with Crippen molar-refractivity contribution in [2.75, 3.05) is 19.6 Å². The summed E-state index contributed by atoms with van der Waals surface area (Å²) in [7, 11) is 0. The third-order valence-electron chi connectivity index (χ3n) is 4.22. The van der Waals surface area contributed by atoms with Gasteiger partial charge in [0.05, 0.1) is 5.56 Å². The van der Waals surface area contributed by atoms with E-state index in [9.17, 15) is 9.59 Å². The molecule has 1 aliphatic heterocycles. The number of likely N-dealkylation sites (tertiary alicyclic amines) is 1. The van der Waals surface area contributed by atoms with E-state index in [0.717, 1.165) is 36.8 Å². The summed E-state index contributed by atoms with van der Waals surface area (Å²) in [5.74, 6) is -0.0549. The van der Waals surface area contributed by atoms with Crippen LogP contribution in [0.2, 0.25) is 5.02 Å². The second kappa shape index (κ2) is 7.04. The smallest absolute Gasteiger partial charge is 0.253 e. The summed E-state index contributed by atoms with van der Waals surface area (Å²) in [6, 6.07) is 5.36. The van der Waals surface area contributed by atoms with Gasteiger partial charge in [0, 0.05) is 48.2 Å². The van der Waals surface area contributed by atoms with Crippen LogP contribution in [0.3, 0.4) is 0 Å². The second-order valence-electron chi connectivity index (χ2n) is 5.84. The lowest BCUT2D eigenvalue weighted by molar-refractivity contribution is -0.131. The zero-order valence-electron chi connectivity index (χ0n) is 12.9. The quantitative estimate of drug-likeness (QED) is 0.903. The van der Waals surface area contributed by atoms with E-state index in [1.807, 2.05) is 11.0 Å². The number of carbonyl (C=O) groups is 2. The van der Waals surface area contributed by atoms with Crippen LogP contribution in [0, 0.1) is 0 Å². The van der Waals surface area contributed by atoms with Gasteiger partial charge in [-0.25, -0.2) is 0 Å². The summed E-state index contributed by atoms with van der Waals surface area (Å²) >= 11 is 5.94. The minimum Gasteiger partial charge on any atom is -0.360 e. The summed E-state index contributed by atoms with van der Waals surface area (Å²) in [6.45, 7) is 2.04. The number of rotatable bonds is 4. The maximum Gasteiger partial charge on any atom is 0.253 e. The molecule has 5 nitrogen and oxygen atoms in total. The van der Waals surface area contributed by atoms with Crippen LogP contribution < -0.4 is 5.32 Å². The summed E-state index contributed by atoms with van der Waals surface area (Å²) in [5.41, 5.74) is 1.40. The molecule has 0 spiro atoms. The fourth-order valence-electron chi connectivity index (χ4n) is 2.97. The van der Waals surface area contributed by atoms with Crippen molar-refractivity contribution in [3.63, 3.8) is 0 Å². The van der Waals surface area contributed by atoms with E-state index in [1.54, 1.807) is 18.3 Å². The highest BCUT2D eigenvalue weighted by atomic mass is 35.5. The molecule has 0 aliphatic carbocycles. The summed E-state index contributed by atoms with van der Waals surface area (Å²) in [6.07, 6.45) is 5.37. The van der Waals surface area contributed by atoms with Gasteiger partial charge in [-0.3, -0.25) is 9.59 Å². The molecule has 2 amide bonds. The average molecular weight is 334 g/mol. The third kappa shape index (κ3) is 3.67. The van der Waals surface area contributed by atoms with Crippen molar-refractivity contribution in [2.45, 2.75) is 25.7 Å². The van der Waals surface area contributed by atoms with Gasteiger partial charge in [-0.15, -0.1) is 0 Å². The Morgan fingerprint density at radius 3 is 2.78 bits per heavy atom. The zero-order valence-corrected chi connectivity index (χ0v) is 13.7. The number of H-pyrrole nitrogens is 1. The molecule has 0 atom stereocenters. The number of amides is 2. The van der Waals surface area contributed by atoms with Crippen molar-refractivity contribution in [1.82, 2.24) is 15.2 Å². The SMILES string of the molecule is O=C(NCCC(=O)N1CCCCC1)c1c[nH]c2cc(Cl)ccc12. The lowest BCUT2D eigenvalue weighted by Gasteiger charge is -2.26. The highest BCUT2D eigenvalue weighted by Crippen LogP contribution is 2.21. The average Bonchev–Trinajstić information content (AvgIpc) is 2.98. The molecule has 2 aromatic rings. The van der Waals surface area contributed by atoms with E-state index < -0.39 is 0 Å². The fourth-order valence-corrected chi connectivity index (χ4v) is 3.14. The summed E-state index contributed by atoms with van der Waals surface area (Å²) in [5, 5.41) is 4.27. The molecule has 1 fully saturated rings. The molecule has 0 saturated carbocycles. The molecule has 0 radical (unpaired) electrons. The Balaban J connectivity index is 1.55. The Morgan fingerprint density at radius 1 is 1.22 bits per heavy atom. The van der Waals surface area contributed by atoms with Crippen molar-refractivity contribution < 1.29 is 9.59 Å². The maximum atomic E-state index is 12.3. The third-order valence-corrected chi connectivity index (χ3v) is 4.46. The van der Waals surface area contributed by atoms with Crippen LogP contribution in [0.1, 0.15) is 36.0 Å². The topological polar surface area (TPSA) is 65.2 Å². The largest absolute Gasteiger partial charge is 0.360 e. The van der Waals surface area contributed by atoms with E-state index >= 15 is 0 Å². The van der Waals surface area contributed by atoms with Crippen LogP contribution in [0.5, 0.6) is 0 Å². The summed E-state index contributed by atoms with van der Waals surface area (Å²) < 4.78 is 0. The lowest BCUT2D eigenvalue weighted by Crippen LogP contribution is -2.37. The standard InChI is InChI=1S/C17H20ClN3O2/c18-12-4-5-13-14(11-20-15(13)10-12)17(23)19-7-6-16(22)21-8-2-1-3-9-21/h4-5,10-11,20H,1-3,6-9H2,(H,19,23). The first-order valence-electron chi connectivity index (χ1n) is 7.98. The van der Waals surface area contributed by atoms with Crippen LogP contribution in [0.4, 0.5) is 0 Å². The van der Waals surface area contributed by atoms with Crippen molar-refractivity contribution in [3.05, 3.63) is 35.0 Å². The molecule has 1 aromatic carbocycles. The Hall–Kier alpha value is -2.01. The van der Waals surface area contributed by atoms with E-state index in [-0.39, 0.29) is 11.8 Å². The Labute approximate surface area is 140 Å². The van der Waals surface area contributed by atoms with Crippen LogP contribution in [-0.2, 0) is 4.79 Å². The molecular weight excluding hydrogens is 314 g/mol. The van der Waals surface area contributed by atoms with Crippen LogP contribution in [-0.4, -0.2) is 41.3 Å². The molecule has 0 unspecified atom stereocenters. The van der Waals surface area contributed by atoms with Gasteiger partial charge in [-0.05, 0) is 31.4 Å². The van der Waals surface area contributed by atoms with E-state index in [0.29, 0.717) is 23.6 Å². The van der Waals surface area contributed by atoms with Crippen molar-refractivity contribution in [1.29, 1.82) is 0 Å².